The van der Waals surface area contributed by atoms with E-state index in [-0.39, 0.29) is 12.4 Å². The normalized spacial score (nSPS) is 13.5. The Morgan fingerprint density at radius 2 is 1.71 bits per heavy atom. The molecule has 14 heavy (non-hydrogen) atoms. The van der Waals surface area contributed by atoms with Crippen molar-refractivity contribution in [3.8, 4) is 0 Å². The minimum atomic E-state index is -0.295. The van der Waals surface area contributed by atoms with Crippen LogP contribution in [0.25, 0.3) is 0 Å². The molecular formula is C11H24O3. The molecule has 0 amide bonds. The summed E-state index contributed by atoms with van der Waals surface area (Å²) in [4.78, 5) is 0. The fourth-order valence-corrected chi connectivity index (χ4v) is 1.44. The lowest BCUT2D eigenvalue weighted by Crippen LogP contribution is -2.21. The van der Waals surface area contributed by atoms with Crippen LogP contribution in [-0.2, 0) is 9.47 Å². The van der Waals surface area contributed by atoms with Crippen molar-refractivity contribution in [1.29, 1.82) is 0 Å². The smallest absolute Gasteiger partial charge is 0.159 e. The van der Waals surface area contributed by atoms with Crippen LogP contribution in [0.4, 0.5) is 0 Å². The Morgan fingerprint density at radius 1 is 1.07 bits per heavy atom. The number of hydrogen-bond donors (Lipinski definition) is 1. The van der Waals surface area contributed by atoms with E-state index in [1.54, 1.807) is 14.2 Å². The lowest BCUT2D eigenvalue weighted by molar-refractivity contribution is -0.123. The second-order valence-electron chi connectivity index (χ2n) is 3.64. The van der Waals surface area contributed by atoms with Gasteiger partial charge in [0.2, 0.25) is 0 Å². The monoisotopic (exact) mass is 204 g/mol. The fourth-order valence-electron chi connectivity index (χ4n) is 1.44. The predicted molar refractivity (Wildman–Crippen MR) is 57.2 cm³/mol. The van der Waals surface area contributed by atoms with E-state index < -0.39 is 0 Å². The van der Waals surface area contributed by atoms with Crippen LogP contribution < -0.4 is 0 Å². The molecule has 0 aliphatic heterocycles. The molecule has 0 aromatic rings. The summed E-state index contributed by atoms with van der Waals surface area (Å²) < 4.78 is 10.0. The SMILES string of the molecule is CCCCCC[C@H](O)CC(OC)OC. The van der Waals surface area contributed by atoms with Crippen molar-refractivity contribution in [2.75, 3.05) is 14.2 Å². The molecule has 0 saturated carbocycles. The Labute approximate surface area is 87.4 Å². The summed E-state index contributed by atoms with van der Waals surface area (Å²) in [6.07, 6.45) is 5.64. The number of unbranched alkanes of at least 4 members (excludes halogenated alkanes) is 3. The van der Waals surface area contributed by atoms with E-state index in [4.69, 9.17) is 9.47 Å². The van der Waals surface area contributed by atoms with E-state index in [9.17, 15) is 5.11 Å². The maximum absolute atomic E-state index is 9.62. The number of aliphatic hydroxyl groups is 1. The summed E-state index contributed by atoms with van der Waals surface area (Å²) in [5, 5.41) is 9.62. The summed E-state index contributed by atoms with van der Waals surface area (Å²) >= 11 is 0. The lowest BCUT2D eigenvalue weighted by Gasteiger charge is -2.17. The van der Waals surface area contributed by atoms with Crippen molar-refractivity contribution in [1.82, 2.24) is 0 Å². The molecule has 0 unspecified atom stereocenters. The van der Waals surface area contributed by atoms with Gasteiger partial charge in [0.15, 0.2) is 6.29 Å². The standard InChI is InChI=1S/C11H24O3/c1-4-5-6-7-8-10(12)9-11(13-2)14-3/h10-12H,4-9H2,1-3H3/t10-/m0/s1. The molecule has 3 nitrogen and oxygen atoms in total. The first-order valence-corrected chi connectivity index (χ1v) is 5.48. The zero-order valence-electron chi connectivity index (χ0n) is 9.66. The largest absolute Gasteiger partial charge is 0.393 e. The average molecular weight is 204 g/mol. The number of aliphatic hydroxyl groups excluding tert-OH is 1. The van der Waals surface area contributed by atoms with Crippen molar-refractivity contribution >= 4 is 0 Å². The predicted octanol–water partition coefficient (Wildman–Crippen LogP) is 2.33. The van der Waals surface area contributed by atoms with Gasteiger partial charge in [-0.05, 0) is 6.42 Å². The van der Waals surface area contributed by atoms with Crippen molar-refractivity contribution in [2.24, 2.45) is 0 Å². The maximum Gasteiger partial charge on any atom is 0.159 e. The summed E-state index contributed by atoms with van der Waals surface area (Å²) in [5.41, 5.74) is 0. The molecule has 0 aliphatic rings. The highest BCUT2D eigenvalue weighted by Gasteiger charge is 2.12. The Hall–Kier alpha value is -0.120. The van der Waals surface area contributed by atoms with Gasteiger partial charge in [0.05, 0.1) is 6.10 Å². The molecule has 0 spiro atoms. The quantitative estimate of drug-likeness (QED) is 0.463. The second-order valence-corrected chi connectivity index (χ2v) is 3.64. The van der Waals surface area contributed by atoms with E-state index in [1.165, 1.54) is 19.3 Å². The molecule has 0 heterocycles. The van der Waals surface area contributed by atoms with Crippen LogP contribution >= 0.6 is 0 Å². The van der Waals surface area contributed by atoms with Crippen LogP contribution in [0.2, 0.25) is 0 Å². The summed E-state index contributed by atoms with van der Waals surface area (Å²) in [5.74, 6) is 0. The average Bonchev–Trinajstić information content (AvgIpc) is 2.21. The summed E-state index contributed by atoms with van der Waals surface area (Å²) in [7, 11) is 3.19. The highest BCUT2D eigenvalue weighted by molar-refractivity contribution is 4.58. The van der Waals surface area contributed by atoms with Gasteiger partial charge in [-0.1, -0.05) is 32.6 Å². The Morgan fingerprint density at radius 3 is 2.21 bits per heavy atom. The molecule has 1 atom stereocenters. The van der Waals surface area contributed by atoms with Crippen LogP contribution in [-0.4, -0.2) is 31.7 Å². The van der Waals surface area contributed by atoms with Gasteiger partial charge in [-0.15, -0.1) is 0 Å². The molecular weight excluding hydrogens is 180 g/mol. The van der Waals surface area contributed by atoms with Crippen LogP contribution in [0.15, 0.2) is 0 Å². The molecule has 1 N–H and O–H groups in total. The van der Waals surface area contributed by atoms with E-state index in [1.807, 2.05) is 0 Å². The van der Waals surface area contributed by atoms with E-state index in [0.717, 1.165) is 12.8 Å². The van der Waals surface area contributed by atoms with Crippen molar-refractivity contribution in [2.45, 2.75) is 57.8 Å². The molecule has 3 heteroatoms. The summed E-state index contributed by atoms with van der Waals surface area (Å²) in [6.45, 7) is 2.18. The van der Waals surface area contributed by atoms with Gasteiger partial charge >= 0.3 is 0 Å². The third kappa shape index (κ3) is 7.30. The molecule has 0 saturated heterocycles. The molecule has 0 fully saturated rings. The molecule has 0 bridgehead atoms. The topological polar surface area (TPSA) is 38.7 Å². The van der Waals surface area contributed by atoms with Crippen molar-refractivity contribution < 1.29 is 14.6 Å². The van der Waals surface area contributed by atoms with Crippen LogP contribution in [0.1, 0.15) is 45.4 Å². The van der Waals surface area contributed by atoms with Crippen LogP contribution in [0.3, 0.4) is 0 Å². The Bertz CT molecular complexity index is 113. The molecule has 0 aromatic heterocycles. The number of methoxy groups -OCH3 is 2. The highest BCUT2D eigenvalue weighted by Crippen LogP contribution is 2.11. The second kappa shape index (κ2) is 9.44. The third-order valence-corrected chi connectivity index (χ3v) is 2.38. The third-order valence-electron chi connectivity index (χ3n) is 2.38. The highest BCUT2D eigenvalue weighted by atomic mass is 16.7. The fraction of sp³-hybridized carbons (Fsp3) is 1.00. The van der Waals surface area contributed by atoms with Crippen LogP contribution in [0, 0.1) is 0 Å². The first kappa shape index (κ1) is 13.9. The van der Waals surface area contributed by atoms with Gasteiger partial charge in [0, 0.05) is 20.6 Å². The van der Waals surface area contributed by atoms with E-state index in [0.29, 0.717) is 6.42 Å². The van der Waals surface area contributed by atoms with E-state index in [2.05, 4.69) is 6.92 Å². The van der Waals surface area contributed by atoms with Gasteiger partial charge in [-0.3, -0.25) is 0 Å². The number of rotatable bonds is 9. The number of hydrogen-bond acceptors (Lipinski definition) is 3. The molecule has 86 valence electrons. The zero-order chi connectivity index (χ0) is 10.8. The molecule has 0 aliphatic carbocycles. The van der Waals surface area contributed by atoms with Crippen molar-refractivity contribution in [3.05, 3.63) is 0 Å². The Kier molecular flexibility index (Phi) is 9.35. The van der Waals surface area contributed by atoms with Gasteiger partial charge in [0.1, 0.15) is 0 Å². The molecule has 0 radical (unpaired) electrons. The molecule has 0 aromatic carbocycles. The minimum absolute atomic E-state index is 0.267. The first-order valence-electron chi connectivity index (χ1n) is 5.48. The van der Waals surface area contributed by atoms with E-state index >= 15 is 0 Å². The minimum Gasteiger partial charge on any atom is -0.393 e. The van der Waals surface area contributed by atoms with Gasteiger partial charge in [-0.25, -0.2) is 0 Å². The van der Waals surface area contributed by atoms with Crippen LogP contribution in [0.5, 0.6) is 0 Å². The maximum atomic E-state index is 9.62. The first-order chi connectivity index (χ1) is 6.74. The zero-order valence-corrected chi connectivity index (χ0v) is 9.66. The molecule has 0 rings (SSSR count). The number of ether oxygens (including phenoxy) is 2. The summed E-state index contributed by atoms with van der Waals surface area (Å²) in [6, 6.07) is 0. The lowest BCUT2D eigenvalue weighted by atomic mass is 10.1. The van der Waals surface area contributed by atoms with Crippen molar-refractivity contribution in [3.63, 3.8) is 0 Å². The Balaban J connectivity index is 3.38. The van der Waals surface area contributed by atoms with Gasteiger partial charge in [0.25, 0.3) is 0 Å². The van der Waals surface area contributed by atoms with Gasteiger partial charge in [-0.2, -0.15) is 0 Å². The van der Waals surface area contributed by atoms with Gasteiger partial charge < -0.3 is 14.6 Å².